The third-order valence-electron chi connectivity index (χ3n) is 2.80. The van der Waals surface area contributed by atoms with E-state index in [-0.39, 0.29) is 0 Å². The van der Waals surface area contributed by atoms with Crippen molar-refractivity contribution in [2.24, 2.45) is 5.73 Å². The summed E-state index contributed by atoms with van der Waals surface area (Å²) in [5.41, 5.74) is 6.93. The van der Waals surface area contributed by atoms with Gasteiger partial charge in [0.15, 0.2) is 0 Å². The van der Waals surface area contributed by atoms with E-state index in [0.29, 0.717) is 32.3 Å². The lowest BCUT2D eigenvalue weighted by Crippen LogP contribution is -2.12. The second kappa shape index (κ2) is 9.44. The molecule has 0 aliphatic heterocycles. The van der Waals surface area contributed by atoms with Gasteiger partial charge in [0.05, 0.1) is 30.5 Å². The van der Waals surface area contributed by atoms with E-state index < -0.39 is 0 Å². The number of rotatable bonds is 10. The topological polar surface area (TPSA) is 57.4 Å². The minimum Gasteiger partial charge on any atom is -0.382 e. The highest BCUT2D eigenvalue weighted by Gasteiger charge is 2.12. The first kappa shape index (κ1) is 15.6. The van der Waals surface area contributed by atoms with Gasteiger partial charge in [0, 0.05) is 31.4 Å². The van der Waals surface area contributed by atoms with E-state index in [9.17, 15) is 0 Å². The predicted octanol–water partition coefficient (Wildman–Crippen LogP) is 2.19. The van der Waals surface area contributed by atoms with Crippen LogP contribution in [0.3, 0.4) is 0 Å². The van der Waals surface area contributed by atoms with Crippen LogP contribution < -0.4 is 5.73 Å². The molecule has 0 radical (unpaired) electrons. The van der Waals surface area contributed by atoms with Crippen molar-refractivity contribution in [3.05, 3.63) is 16.1 Å². The number of hydrogen-bond donors (Lipinski definition) is 1. The number of ether oxygens (including phenoxy) is 2. The van der Waals surface area contributed by atoms with Crippen molar-refractivity contribution in [2.75, 3.05) is 33.5 Å². The molecule has 0 aliphatic rings. The maximum absolute atomic E-state index is 5.78. The van der Waals surface area contributed by atoms with E-state index in [4.69, 9.17) is 15.2 Å². The van der Waals surface area contributed by atoms with Crippen LogP contribution in [-0.2, 0) is 15.9 Å². The summed E-state index contributed by atoms with van der Waals surface area (Å²) < 4.78 is 10.4. The molecule has 1 rings (SSSR count). The maximum atomic E-state index is 5.78. The van der Waals surface area contributed by atoms with Crippen LogP contribution in [0.2, 0.25) is 0 Å². The van der Waals surface area contributed by atoms with E-state index in [1.54, 1.807) is 18.4 Å². The third-order valence-corrected chi connectivity index (χ3v) is 3.73. The molecule has 0 saturated heterocycles. The highest BCUT2D eigenvalue weighted by atomic mass is 32.1. The van der Waals surface area contributed by atoms with Crippen LogP contribution in [0.25, 0.3) is 0 Å². The van der Waals surface area contributed by atoms with Gasteiger partial charge in [-0.2, -0.15) is 0 Å². The summed E-state index contributed by atoms with van der Waals surface area (Å²) in [7, 11) is 1.68. The summed E-state index contributed by atoms with van der Waals surface area (Å²) >= 11 is 1.70. The Bertz CT molecular complexity index is 318. The molecule has 104 valence electrons. The standard InChI is InChI=1S/C13H24N2O2S/c1-3-4-11(9-14)12-10-18-13(15-12)5-6-17-8-7-16-2/h10-11H,3-9,14H2,1-2H3. The maximum Gasteiger partial charge on any atom is 0.0951 e. The molecule has 0 spiro atoms. The minimum atomic E-state index is 0.411. The van der Waals surface area contributed by atoms with Crippen molar-refractivity contribution in [1.29, 1.82) is 0 Å². The van der Waals surface area contributed by atoms with E-state index in [1.165, 1.54) is 0 Å². The van der Waals surface area contributed by atoms with E-state index in [0.717, 1.165) is 30.0 Å². The number of hydrogen-bond acceptors (Lipinski definition) is 5. The molecule has 1 unspecified atom stereocenters. The van der Waals surface area contributed by atoms with Gasteiger partial charge in [-0.15, -0.1) is 11.3 Å². The van der Waals surface area contributed by atoms with Crippen LogP contribution in [0.15, 0.2) is 5.38 Å². The van der Waals surface area contributed by atoms with Gasteiger partial charge < -0.3 is 15.2 Å². The van der Waals surface area contributed by atoms with Gasteiger partial charge in [-0.3, -0.25) is 0 Å². The van der Waals surface area contributed by atoms with Crippen LogP contribution in [0.1, 0.15) is 36.4 Å². The summed E-state index contributed by atoms with van der Waals surface area (Å²) in [6.45, 7) is 4.86. The summed E-state index contributed by atoms with van der Waals surface area (Å²) in [6.07, 6.45) is 3.14. The number of methoxy groups -OCH3 is 1. The average Bonchev–Trinajstić information content (AvgIpc) is 2.84. The molecule has 0 bridgehead atoms. The van der Waals surface area contributed by atoms with Gasteiger partial charge in [-0.05, 0) is 6.42 Å². The first-order chi connectivity index (χ1) is 8.81. The molecular weight excluding hydrogens is 248 g/mol. The van der Waals surface area contributed by atoms with Gasteiger partial charge in [0.1, 0.15) is 0 Å². The summed E-state index contributed by atoms with van der Waals surface area (Å²) in [5.74, 6) is 0.411. The molecule has 1 heterocycles. The Labute approximate surface area is 114 Å². The Morgan fingerprint density at radius 1 is 1.39 bits per heavy atom. The molecule has 4 nitrogen and oxygen atoms in total. The van der Waals surface area contributed by atoms with Gasteiger partial charge >= 0.3 is 0 Å². The van der Waals surface area contributed by atoms with Crippen molar-refractivity contribution in [3.63, 3.8) is 0 Å². The Balaban J connectivity index is 2.33. The molecule has 1 aromatic heterocycles. The van der Waals surface area contributed by atoms with Crippen LogP contribution in [0.4, 0.5) is 0 Å². The average molecular weight is 272 g/mol. The Morgan fingerprint density at radius 3 is 2.89 bits per heavy atom. The molecule has 0 aromatic carbocycles. The zero-order valence-electron chi connectivity index (χ0n) is 11.4. The second-order valence-electron chi connectivity index (χ2n) is 4.24. The summed E-state index contributed by atoms with van der Waals surface area (Å²) in [5, 5.41) is 3.27. The molecule has 0 fully saturated rings. The summed E-state index contributed by atoms with van der Waals surface area (Å²) in [4.78, 5) is 4.65. The van der Waals surface area contributed by atoms with Gasteiger partial charge in [-0.25, -0.2) is 4.98 Å². The predicted molar refractivity (Wildman–Crippen MR) is 75.2 cm³/mol. The van der Waals surface area contributed by atoms with Crippen LogP contribution >= 0.6 is 11.3 Å². The van der Waals surface area contributed by atoms with Crippen molar-refractivity contribution in [2.45, 2.75) is 32.1 Å². The van der Waals surface area contributed by atoms with Crippen molar-refractivity contribution >= 4 is 11.3 Å². The van der Waals surface area contributed by atoms with E-state index >= 15 is 0 Å². The zero-order chi connectivity index (χ0) is 13.2. The number of nitrogens with zero attached hydrogens (tertiary/aromatic N) is 1. The van der Waals surface area contributed by atoms with Crippen molar-refractivity contribution < 1.29 is 9.47 Å². The second-order valence-corrected chi connectivity index (χ2v) is 5.19. The van der Waals surface area contributed by atoms with Crippen molar-refractivity contribution in [1.82, 2.24) is 4.98 Å². The fraction of sp³-hybridized carbons (Fsp3) is 0.769. The monoisotopic (exact) mass is 272 g/mol. The normalized spacial score (nSPS) is 12.8. The lowest BCUT2D eigenvalue weighted by Gasteiger charge is -2.09. The van der Waals surface area contributed by atoms with Crippen molar-refractivity contribution in [3.8, 4) is 0 Å². The fourth-order valence-corrected chi connectivity index (χ4v) is 2.63. The Hall–Kier alpha value is -0.490. The quantitative estimate of drug-likeness (QED) is 0.663. The summed E-state index contributed by atoms with van der Waals surface area (Å²) in [6, 6.07) is 0. The molecule has 5 heteroatoms. The van der Waals surface area contributed by atoms with Gasteiger partial charge in [0.25, 0.3) is 0 Å². The first-order valence-corrected chi connectivity index (χ1v) is 7.40. The zero-order valence-corrected chi connectivity index (χ0v) is 12.2. The molecule has 0 aliphatic carbocycles. The van der Waals surface area contributed by atoms with Crippen LogP contribution in [0, 0.1) is 0 Å². The highest BCUT2D eigenvalue weighted by molar-refractivity contribution is 7.09. The largest absolute Gasteiger partial charge is 0.382 e. The smallest absolute Gasteiger partial charge is 0.0951 e. The highest BCUT2D eigenvalue weighted by Crippen LogP contribution is 2.22. The fourth-order valence-electron chi connectivity index (χ4n) is 1.77. The minimum absolute atomic E-state index is 0.411. The molecular formula is C13H24N2O2S. The first-order valence-electron chi connectivity index (χ1n) is 6.52. The number of aromatic nitrogens is 1. The lowest BCUT2D eigenvalue weighted by molar-refractivity contribution is 0.0722. The van der Waals surface area contributed by atoms with Crippen LogP contribution in [-0.4, -0.2) is 38.5 Å². The van der Waals surface area contributed by atoms with E-state index in [1.807, 2.05) is 0 Å². The molecule has 18 heavy (non-hydrogen) atoms. The molecule has 0 amide bonds. The lowest BCUT2D eigenvalue weighted by atomic mass is 10.0. The molecule has 1 atom stereocenters. The third kappa shape index (κ3) is 5.44. The molecule has 0 saturated carbocycles. The number of thiazole rings is 1. The van der Waals surface area contributed by atoms with Gasteiger partial charge in [0.2, 0.25) is 0 Å². The molecule has 2 N–H and O–H groups in total. The van der Waals surface area contributed by atoms with E-state index in [2.05, 4.69) is 17.3 Å². The SMILES string of the molecule is CCCC(CN)c1csc(CCOCCOC)n1. The Morgan fingerprint density at radius 2 is 2.22 bits per heavy atom. The Kier molecular flexibility index (Phi) is 8.17. The van der Waals surface area contributed by atoms with Crippen LogP contribution in [0.5, 0.6) is 0 Å². The van der Waals surface area contributed by atoms with Gasteiger partial charge in [-0.1, -0.05) is 13.3 Å². The molecule has 1 aromatic rings. The number of nitrogens with two attached hydrogens (primary N) is 1.